The Balaban J connectivity index is 1.46. The Morgan fingerprint density at radius 2 is 2.00 bits per heavy atom. The third-order valence-electron chi connectivity index (χ3n) is 5.61. The Morgan fingerprint density at radius 1 is 1.21 bits per heavy atom. The lowest BCUT2D eigenvalue weighted by Gasteiger charge is -2.12. The minimum atomic E-state index is -0.367. The summed E-state index contributed by atoms with van der Waals surface area (Å²) in [6.45, 7) is 4.49. The van der Waals surface area contributed by atoms with E-state index in [1.165, 1.54) is 28.0 Å². The minimum absolute atomic E-state index is 0.0710. The average Bonchev–Trinajstić information content (AvgIpc) is 3.17. The second-order valence-corrected chi connectivity index (χ2v) is 9.91. The van der Waals surface area contributed by atoms with Crippen LogP contribution in [0.15, 0.2) is 34.2 Å². The van der Waals surface area contributed by atoms with Gasteiger partial charge in [0.2, 0.25) is 5.91 Å². The number of thioether (sulfide) groups is 1. The molecular formula is C24H27N3O4S2. The molecule has 0 unspecified atom stereocenters. The summed E-state index contributed by atoms with van der Waals surface area (Å²) in [7, 11) is 0. The van der Waals surface area contributed by atoms with E-state index in [-0.39, 0.29) is 23.9 Å². The number of hydrogen-bond acceptors (Lipinski definition) is 7. The van der Waals surface area contributed by atoms with Crippen molar-refractivity contribution >= 4 is 50.9 Å². The Kier molecular flexibility index (Phi) is 7.49. The number of nitrogens with one attached hydrogen (secondary N) is 1. The van der Waals surface area contributed by atoms with Crippen molar-refractivity contribution in [3.05, 3.63) is 50.6 Å². The molecule has 0 spiro atoms. The van der Waals surface area contributed by atoms with Crippen LogP contribution in [0, 0.1) is 0 Å². The Hall–Kier alpha value is -2.65. The minimum Gasteiger partial charge on any atom is -0.462 e. The highest BCUT2D eigenvalue weighted by atomic mass is 32.2. The number of aromatic nitrogens is 2. The number of rotatable bonds is 8. The van der Waals surface area contributed by atoms with Crippen molar-refractivity contribution in [2.24, 2.45) is 0 Å². The Morgan fingerprint density at radius 3 is 2.79 bits per heavy atom. The van der Waals surface area contributed by atoms with Gasteiger partial charge in [-0.15, -0.1) is 11.3 Å². The molecule has 2 heterocycles. The molecule has 0 saturated carbocycles. The van der Waals surface area contributed by atoms with Crippen LogP contribution in [0.25, 0.3) is 10.9 Å². The van der Waals surface area contributed by atoms with Gasteiger partial charge in [-0.3, -0.25) is 14.2 Å². The summed E-state index contributed by atoms with van der Waals surface area (Å²) in [5.41, 5.74) is 2.14. The molecule has 9 heteroatoms. The van der Waals surface area contributed by atoms with Gasteiger partial charge in [-0.1, -0.05) is 23.9 Å². The fourth-order valence-corrected chi connectivity index (χ4v) is 6.33. The highest BCUT2D eigenvalue weighted by Crippen LogP contribution is 2.38. The molecule has 1 N–H and O–H groups in total. The number of benzene rings is 1. The van der Waals surface area contributed by atoms with Crippen LogP contribution in [-0.4, -0.2) is 33.8 Å². The van der Waals surface area contributed by atoms with Gasteiger partial charge in [-0.2, -0.15) is 0 Å². The summed E-state index contributed by atoms with van der Waals surface area (Å²) in [4.78, 5) is 43.8. The standard InChI is InChI=1S/C24H27N3O4S2/c1-3-27-22(29)15-9-5-7-11-17(15)25-24(27)32-14-13-19(28)26-21-20(23(30)31-4-2)16-10-6-8-12-18(16)33-21/h5,7,9,11H,3-4,6,8,10,12-14H2,1-2H3,(H,26,28). The maximum absolute atomic E-state index is 12.8. The molecule has 2 aromatic heterocycles. The topological polar surface area (TPSA) is 90.3 Å². The number of esters is 1. The van der Waals surface area contributed by atoms with Crippen molar-refractivity contribution in [3.63, 3.8) is 0 Å². The molecule has 4 rings (SSSR count). The SMILES string of the molecule is CCOC(=O)c1c(NC(=O)CCSc2nc3ccccc3c(=O)n2CC)sc2c1CCCC2. The zero-order valence-electron chi connectivity index (χ0n) is 18.8. The smallest absolute Gasteiger partial charge is 0.341 e. The number of aryl methyl sites for hydroxylation is 1. The monoisotopic (exact) mass is 485 g/mol. The van der Waals surface area contributed by atoms with Crippen LogP contribution >= 0.6 is 23.1 Å². The van der Waals surface area contributed by atoms with Crippen LogP contribution in [0.2, 0.25) is 0 Å². The summed E-state index contributed by atoms with van der Waals surface area (Å²) in [5, 5.41) is 4.72. The zero-order valence-corrected chi connectivity index (χ0v) is 20.4. The fraction of sp³-hybridized carbons (Fsp3) is 0.417. The van der Waals surface area contributed by atoms with E-state index in [0.29, 0.717) is 45.5 Å². The van der Waals surface area contributed by atoms with Crippen LogP contribution < -0.4 is 10.9 Å². The zero-order chi connectivity index (χ0) is 23.4. The van der Waals surface area contributed by atoms with E-state index < -0.39 is 0 Å². The van der Waals surface area contributed by atoms with Gasteiger partial charge in [0, 0.05) is 23.6 Å². The number of carbonyl (C=O) groups is 2. The van der Waals surface area contributed by atoms with Gasteiger partial charge in [-0.25, -0.2) is 9.78 Å². The molecular weight excluding hydrogens is 458 g/mol. The summed E-state index contributed by atoms with van der Waals surface area (Å²) in [5.74, 6) is -0.0667. The molecule has 0 fully saturated rings. The number of amides is 1. The molecule has 1 aliphatic carbocycles. The lowest BCUT2D eigenvalue weighted by molar-refractivity contribution is -0.115. The van der Waals surface area contributed by atoms with Crippen LogP contribution in [-0.2, 0) is 28.9 Å². The van der Waals surface area contributed by atoms with Crippen molar-refractivity contribution in [1.29, 1.82) is 0 Å². The van der Waals surface area contributed by atoms with E-state index in [1.54, 1.807) is 17.6 Å². The van der Waals surface area contributed by atoms with Crippen molar-refractivity contribution in [2.75, 3.05) is 17.7 Å². The van der Waals surface area contributed by atoms with Gasteiger partial charge in [0.15, 0.2) is 5.16 Å². The molecule has 1 aromatic carbocycles. The van der Waals surface area contributed by atoms with Gasteiger partial charge in [-0.05, 0) is 57.2 Å². The summed E-state index contributed by atoms with van der Waals surface area (Å²) >= 11 is 2.87. The number of thiophene rings is 1. The number of anilines is 1. The maximum atomic E-state index is 12.8. The van der Waals surface area contributed by atoms with Gasteiger partial charge >= 0.3 is 5.97 Å². The molecule has 174 valence electrons. The molecule has 0 saturated heterocycles. The van der Waals surface area contributed by atoms with Crippen LogP contribution in [0.1, 0.15) is 53.9 Å². The molecule has 0 aliphatic heterocycles. The first kappa shape index (κ1) is 23.5. The van der Waals surface area contributed by atoms with E-state index in [9.17, 15) is 14.4 Å². The average molecular weight is 486 g/mol. The molecule has 3 aromatic rings. The van der Waals surface area contributed by atoms with Gasteiger partial charge in [0.1, 0.15) is 5.00 Å². The number of fused-ring (bicyclic) bond motifs is 2. The molecule has 0 bridgehead atoms. The second-order valence-electron chi connectivity index (χ2n) is 7.74. The van der Waals surface area contributed by atoms with Gasteiger partial charge < -0.3 is 10.1 Å². The molecule has 33 heavy (non-hydrogen) atoms. The van der Waals surface area contributed by atoms with E-state index in [4.69, 9.17) is 4.74 Å². The molecule has 1 amide bonds. The van der Waals surface area contributed by atoms with Crippen molar-refractivity contribution in [3.8, 4) is 0 Å². The molecule has 1 aliphatic rings. The second kappa shape index (κ2) is 10.5. The van der Waals surface area contributed by atoms with Crippen LogP contribution in [0.3, 0.4) is 0 Å². The number of para-hydroxylation sites is 1. The number of carbonyl (C=O) groups excluding carboxylic acids is 2. The number of ether oxygens (including phenoxy) is 1. The predicted molar refractivity (Wildman–Crippen MR) is 133 cm³/mol. The van der Waals surface area contributed by atoms with Crippen molar-refractivity contribution in [1.82, 2.24) is 9.55 Å². The van der Waals surface area contributed by atoms with Crippen molar-refractivity contribution < 1.29 is 14.3 Å². The Labute approximate surface area is 200 Å². The number of nitrogens with zero attached hydrogens (tertiary/aromatic N) is 2. The van der Waals surface area contributed by atoms with E-state index >= 15 is 0 Å². The predicted octanol–water partition coefficient (Wildman–Crippen LogP) is 4.65. The third kappa shape index (κ3) is 4.99. The van der Waals surface area contributed by atoms with E-state index in [0.717, 1.165) is 31.2 Å². The first-order chi connectivity index (χ1) is 16.0. The number of hydrogen-bond donors (Lipinski definition) is 1. The third-order valence-corrected chi connectivity index (χ3v) is 7.79. The highest BCUT2D eigenvalue weighted by molar-refractivity contribution is 7.99. The van der Waals surface area contributed by atoms with Crippen molar-refractivity contribution in [2.45, 2.75) is 57.7 Å². The largest absolute Gasteiger partial charge is 0.462 e. The summed E-state index contributed by atoms with van der Waals surface area (Å²) in [6.07, 6.45) is 4.14. The van der Waals surface area contributed by atoms with E-state index in [2.05, 4.69) is 10.3 Å². The summed E-state index contributed by atoms with van der Waals surface area (Å²) < 4.78 is 6.89. The molecule has 0 radical (unpaired) electrons. The molecule has 0 atom stereocenters. The first-order valence-electron chi connectivity index (χ1n) is 11.3. The fourth-order valence-electron chi connectivity index (χ4n) is 4.03. The normalized spacial score (nSPS) is 13.0. The summed E-state index contributed by atoms with van der Waals surface area (Å²) in [6, 6.07) is 7.29. The van der Waals surface area contributed by atoms with Crippen LogP contribution in [0.5, 0.6) is 0 Å². The maximum Gasteiger partial charge on any atom is 0.341 e. The lowest BCUT2D eigenvalue weighted by atomic mass is 9.95. The van der Waals surface area contributed by atoms with Gasteiger partial charge in [0.25, 0.3) is 5.56 Å². The van der Waals surface area contributed by atoms with Gasteiger partial charge in [0.05, 0.1) is 23.1 Å². The first-order valence-corrected chi connectivity index (χ1v) is 13.1. The van der Waals surface area contributed by atoms with E-state index in [1.807, 2.05) is 25.1 Å². The Bertz CT molecular complexity index is 1250. The lowest BCUT2D eigenvalue weighted by Crippen LogP contribution is -2.22. The quantitative estimate of drug-likeness (QED) is 0.284. The molecule has 7 nitrogen and oxygen atoms in total. The highest BCUT2D eigenvalue weighted by Gasteiger charge is 2.27. The van der Waals surface area contributed by atoms with Crippen LogP contribution in [0.4, 0.5) is 5.00 Å².